The van der Waals surface area contributed by atoms with Crippen molar-refractivity contribution in [3.8, 4) is 11.5 Å². The minimum atomic E-state index is -3.61. The van der Waals surface area contributed by atoms with Crippen LogP contribution in [0.25, 0.3) is 0 Å². The number of anilines is 1. The maximum absolute atomic E-state index is 13.3. The lowest BCUT2D eigenvalue weighted by Gasteiger charge is -2.30. The van der Waals surface area contributed by atoms with E-state index in [-0.39, 0.29) is 50.6 Å². The number of hydrogen-bond acceptors (Lipinski definition) is 6. The number of ether oxygens (including phenoxy) is 2. The van der Waals surface area contributed by atoms with Gasteiger partial charge in [-0.05, 0) is 57.0 Å². The third-order valence-electron chi connectivity index (χ3n) is 5.66. The molecule has 0 saturated heterocycles. The topological polar surface area (TPSA) is 105 Å². The second-order valence-electron chi connectivity index (χ2n) is 8.96. The van der Waals surface area contributed by atoms with Crippen molar-refractivity contribution in [1.82, 2.24) is 10.2 Å². The van der Waals surface area contributed by atoms with Gasteiger partial charge in [0.25, 0.3) is 0 Å². The molecule has 0 bridgehead atoms. The number of amides is 2. The fourth-order valence-corrected chi connectivity index (χ4v) is 5.04. The normalized spacial score (nSPS) is 13.4. The van der Waals surface area contributed by atoms with E-state index in [0.717, 1.165) is 16.3 Å². The van der Waals surface area contributed by atoms with Gasteiger partial charge in [-0.15, -0.1) is 0 Å². The number of carbonyl (C=O) groups excluding carboxylic acids is 2. The van der Waals surface area contributed by atoms with Crippen molar-refractivity contribution in [2.75, 3.05) is 23.9 Å². The summed E-state index contributed by atoms with van der Waals surface area (Å²) in [6, 6.07) is 11.7. The van der Waals surface area contributed by atoms with Gasteiger partial charge in [-0.1, -0.05) is 28.1 Å². The first-order chi connectivity index (χ1) is 17.0. The van der Waals surface area contributed by atoms with Gasteiger partial charge in [0.2, 0.25) is 28.6 Å². The van der Waals surface area contributed by atoms with Gasteiger partial charge in [0.1, 0.15) is 6.04 Å². The van der Waals surface area contributed by atoms with Gasteiger partial charge in [0, 0.05) is 36.1 Å². The highest BCUT2D eigenvalue weighted by molar-refractivity contribution is 9.10. The Morgan fingerprint density at radius 2 is 1.72 bits per heavy atom. The smallest absolute Gasteiger partial charge is 0.242 e. The zero-order valence-electron chi connectivity index (χ0n) is 20.9. The molecule has 1 atom stereocenters. The van der Waals surface area contributed by atoms with Crippen molar-refractivity contribution in [2.24, 2.45) is 0 Å². The predicted molar refractivity (Wildman–Crippen MR) is 141 cm³/mol. The van der Waals surface area contributed by atoms with E-state index >= 15 is 0 Å². The van der Waals surface area contributed by atoms with Crippen LogP contribution >= 0.6 is 15.9 Å². The minimum Gasteiger partial charge on any atom is -0.454 e. The van der Waals surface area contributed by atoms with Gasteiger partial charge >= 0.3 is 0 Å². The molecule has 0 spiro atoms. The lowest BCUT2D eigenvalue weighted by molar-refractivity contribution is -0.140. The zero-order valence-corrected chi connectivity index (χ0v) is 23.3. The number of carbonyl (C=O) groups is 2. The standard InChI is InChI=1S/C25H32BrN3O6S/c1-17(2)27-25(31)18(3)28(15-19-7-9-20(26)10-8-19)24(30)6-5-13-29(36(4,32)33)21-11-12-22-23(14-21)35-16-34-22/h7-12,14,17-18H,5-6,13,15-16H2,1-4H3,(H,27,31)/t18-/m0/s1. The Balaban J connectivity index is 1.72. The quantitative estimate of drug-likeness (QED) is 0.434. The molecule has 1 N–H and O–H groups in total. The van der Waals surface area contributed by atoms with Gasteiger partial charge in [0.05, 0.1) is 11.9 Å². The van der Waals surface area contributed by atoms with Gasteiger partial charge in [0.15, 0.2) is 11.5 Å². The molecule has 0 radical (unpaired) electrons. The molecule has 0 unspecified atom stereocenters. The Morgan fingerprint density at radius 1 is 1.06 bits per heavy atom. The molecule has 9 nitrogen and oxygen atoms in total. The second-order valence-corrected chi connectivity index (χ2v) is 11.8. The number of hydrogen-bond donors (Lipinski definition) is 1. The molecule has 1 heterocycles. The molecule has 2 amide bonds. The highest BCUT2D eigenvalue weighted by Crippen LogP contribution is 2.36. The third kappa shape index (κ3) is 7.36. The summed E-state index contributed by atoms with van der Waals surface area (Å²) >= 11 is 3.41. The first kappa shape index (κ1) is 27.8. The van der Waals surface area contributed by atoms with Crippen LogP contribution in [0.5, 0.6) is 11.5 Å². The van der Waals surface area contributed by atoms with Gasteiger partial charge < -0.3 is 19.7 Å². The molecule has 2 aromatic carbocycles. The van der Waals surface area contributed by atoms with E-state index in [1.54, 1.807) is 25.1 Å². The largest absolute Gasteiger partial charge is 0.454 e. The van der Waals surface area contributed by atoms with Crippen molar-refractivity contribution in [3.63, 3.8) is 0 Å². The molecule has 0 saturated carbocycles. The molecule has 1 aliphatic rings. The highest BCUT2D eigenvalue weighted by atomic mass is 79.9. The monoisotopic (exact) mass is 581 g/mol. The fourth-order valence-electron chi connectivity index (χ4n) is 3.82. The zero-order chi connectivity index (χ0) is 26.5. The van der Waals surface area contributed by atoms with Crippen molar-refractivity contribution in [1.29, 1.82) is 0 Å². The Labute approximate surface area is 220 Å². The number of benzene rings is 2. The van der Waals surface area contributed by atoms with Gasteiger partial charge in [-0.2, -0.15) is 0 Å². The Hall–Kier alpha value is -2.79. The van der Waals surface area contributed by atoms with E-state index in [9.17, 15) is 18.0 Å². The summed E-state index contributed by atoms with van der Waals surface area (Å²) < 4.78 is 37.9. The number of sulfonamides is 1. The van der Waals surface area contributed by atoms with E-state index in [2.05, 4.69) is 21.2 Å². The van der Waals surface area contributed by atoms with E-state index in [1.165, 1.54) is 9.21 Å². The molecule has 1 aliphatic heterocycles. The van der Waals surface area contributed by atoms with Crippen molar-refractivity contribution in [2.45, 2.75) is 52.2 Å². The Kier molecular flexibility index (Phi) is 9.24. The van der Waals surface area contributed by atoms with Crippen LogP contribution in [0.1, 0.15) is 39.2 Å². The van der Waals surface area contributed by atoms with Crippen LogP contribution in [0.4, 0.5) is 5.69 Å². The summed E-state index contributed by atoms with van der Waals surface area (Å²) in [5.41, 5.74) is 1.32. The number of nitrogens with zero attached hydrogens (tertiary/aromatic N) is 2. The molecular weight excluding hydrogens is 550 g/mol. The highest BCUT2D eigenvalue weighted by Gasteiger charge is 2.27. The molecule has 3 rings (SSSR count). The Bertz CT molecular complexity index is 1190. The molecule has 0 aromatic heterocycles. The number of nitrogens with one attached hydrogen (secondary N) is 1. The average molecular weight is 583 g/mol. The molecular formula is C25H32BrN3O6S. The SMILES string of the molecule is CC(C)NC(=O)[C@H](C)N(Cc1ccc(Br)cc1)C(=O)CCCN(c1ccc2c(c1)OCO2)S(C)(=O)=O. The molecule has 0 aliphatic carbocycles. The summed E-state index contributed by atoms with van der Waals surface area (Å²) in [7, 11) is -3.61. The summed E-state index contributed by atoms with van der Waals surface area (Å²) in [5.74, 6) is 0.555. The summed E-state index contributed by atoms with van der Waals surface area (Å²) in [6.07, 6.45) is 1.47. The summed E-state index contributed by atoms with van der Waals surface area (Å²) in [6.45, 7) is 5.87. The molecule has 196 valence electrons. The van der Waals surface area contributed by atoms with E-state index in [0.29, 0.717) is 17.2 Å². The first-order valence-corrected chi connectivity index (χ1v) is 14.3. The maximum Gasteiger partial charge on any atom is 0.242 e. The van der Waals surface area contributed by atoms with E-state index in [1.807, 2.05) is 38.1 Å². The first-order valence-electron chi connectivity index (χ1n) is 11.7. The van der Waals surface area contributed by atoms with Crippen molar-refractivity contribution < 1.29 is 27.5 Å². The summed E-state index contributed by atoms with van der Waals surface area (Å²) in [4.78, 5) is 27.5. The number of rotatable bonds is 11. The van der Waals surface area contributed by atoms with Crippen LogP contribution < -0.4 is 19.1 Å². The van der Waals surface area contributed by atoms with Crippen LogP contribution in [0.3, 0.4) is 0 Å². The molecule has 2 aromatic rings. The third-order valence-corrected chi connectivity index (χ3v) is 7.38. The summed E-state index contributed by atoms with van der Waals surface area (Å²) in [5, 5.41) is 2.86. The predicted octanol–water partition coefficient (Wildman–Crippen LogP) is 3.67. The van der Waals surface area contributed by atoms with Crippen LogP contribution in [-0.4, -0.2) is 56.8 Å². The molecule has 11 heteroatoms. The van der Waals surface area contributed by atoms with E-state index < -0.39 is 16.1 Å². The fraction of sp³-hybridized carbons (Fsp3) is 0.440. The lowest BCUT2D eigenvalue weighted by Crippen LogP contribution is -2.49. The van der Waals surface area contributed by atoms with E-state index in [4.69, 9.17) is 9.47 Å². The van der Waals surface area contributed by atoms with Crippen molar-refractivity contribution in [3.05, 3.63) is 52.5 Å². The minimum absolute atomic E-state index is 0.0606. The number of fused-ring (bicyclic) bond motifs is 1. The molecule has 0 fully saturated rings. The van der Waals surface area contributed by atoms with Crippen LogP contribution in [-0.2, 0) is 26.2 Å². The Morgan fingerprint density at radius 3 is 2.36 bits per heavy atom. The van der Waals surface area contributed by atoms with Crippen LogP contribution in [0.15, 0.2) is 46.9 Å². The molecule has 36 heavy (non-hydrogen) atoms. The van der Waals surface area contributed by atoms with Gasteiger partial charge in [-0.3, -0.25) is 13.9 Å². The average Bonchev–Trinajstić information content (AvgIpc) is 3.27. The van der Waals surface area contributed by atoms with Gasteiger partial charge in [-0.25, -0.2) is 8.42 Å². The lowest BCUT2D eigenvalue weighted by atomic mass is 10.1. The van der Waals surface area contributed by atoms with Crippen LogP contribution in [0.2, 0.25) is 0 Å². The maximum atomic E-state index is 13.3. The van der Waals surface area contributed by atoms with Crippen LogP contribution in [0, 0.1) is 0 Å². The number of halogens is 1. The second kappa shape index (κ2) is 12.0. The van der Waals surface area contributed by atoms with Crippen molar-refractivity contribution >= 4 is 43.5 Å².